The van der Waals surface area contributed by atoms with E-state index in [1.807, 2.05) is 0 Å². The van der Waals surface area contributed by atoms with Crippen LogP contribution in [0.2, 0.25) is 0 Å². The first-order valence-electron chi connectivity index (χ1n) is 21.4. The monoisotopic (exact) mass is 743 g/mol. The summed E-state index contributed by atoms with van der Waals surface area (Å²) in [7, 11) is 0. The number of anilines is 5. The molecule has 1 saturated carbocycles. The van der Waals surface area contributed by atoms with E-state index >= 15 is 0 Å². The summed E-state index contributed by atoms with van der Waals surface area (Å²) in [6, 6.07) is 45.1. The maximum Gasteiger partial charge on any atom is 0.252 e. The fourth-order valence-corrected chi connectivity index (χ4v) is 11.7. The second kappa shape index (κ2) is 11.5. The van der Waals surface area contributed by atoms with Crippen molar-refractivity contribution in [3.63, 3.8) is 0 Å². The molecule has 2 atom stereocenters. The van der Waals surface area contributed by atoms with Gasteiger partial charge in [-0.05, 0) is 113 Å². The molecule has 1 aromatic heterocycles. The van der Waals surface area contributed by atoms with Crippen molar-refractivity contribution in [3.8, 4) is 5.69 Å². The van der Waals surface area contributed by atoms with Crippen molar-refractivity contribution < 1.29 is 0 Å². The molecule has 0 N–H and O–H groups in total. The van der Waals surface area contributed by atoms with Crippen molar-refractivity contribution in [1.29, 1.82) is 0 Å². The van der Waals surface area contributed by atoms with Gasteiger partial charge in [0.25, 0.3) is 6.71 Å². The Balaban J connectivity index is 1.27. The number of hydrogen-bond donors (Lipinski definition) is 0. The molecule has 0 radical (unpaired) electrons. The zero-order chi connectivity index (χ0) is 39.4. The summed E-state index contributed by atoms with van der Waals surface area (Å²) in [4.78, 5) is 5.40. The fraction of sp³-hybridized carbons (Fsp3) is 0.321. The van der Waals surface area contributed by atoms with Crippen LogP contribution in [0.25, 0.3) is 27.5 Å². The summed E-state index contributed by atoms with van der Waals surface area (Å²) in [6.07, 6.45) is 4.94. The summed E-state index contributed by atoms with van der Waals surface area (Å²) >= 11 is 0. The third-order valence-corrected chi connectivity index (χ3v) is 14.9. The van der Waals surface area contributed by atoms with Gasteiger partial charge in [0.05, 0.1) is 16.7 Å². The highest BCUT2D eigenvalue weighted by molar-refractivity contribution is 7.00. The van der Waals surface area contributed by atoms with Gasteiger partial charge in [-0.2, -0.15) is 0 Å². The lowest BCUT2D eigenvalue weighted by Gasteiger charge is -2.52. The lowest BCUT2D eigenvalue weighted by Crippen LogP contribution is -2.64. The summed E-state index contributed by atoms with van der Waals surface area (Å²) in [6.45, 7) is 21.5. The number of rotatable bonds is 3. The predicted octanol–water partition coefficient (Wildman–Crippen LogP) is 12.0. The van der Waals surface area contributed by atoms with E-state index in [4.69, 9.17) is 0 Å². The summed E-state index contributed by atoms with van der Waals surface area (Å²) < 4.78 is 2.63. The van der Waals surface area contributed by atoms with Crippen LogP contribution in [0, 0.1) is 6.92 Å². The van der Waals surface area contributed by atoms with Crippen LogP contribution in [-0.4, -0.2) is 16.8 Å². The SMILES string of the molecule is Cc1cc2c3c(c1)C1(C)CCCCC1(C)N3c1cc(N(c3ccc(C(C)(C)C)cc3)c3ccc(C(C)(C)C)cc3)cc3c1B2c1cccc2c4ccccc4n-3c12. The number of fused-ring (bicyclic) bond motifs is 10. The summed E-state index contributed by atoms with van der Waals surface area (Å²) in [5, 5.41) is 2.66. The molecular weight excluding hydrogens is 689 g/mol. The molecule has 3 aliphatic heterocycles. The first-order chi connectivity index (χ1) is 27.2. The summed E-state index contributed by atoms with van der Waals surface area (Å²) in [5.41, 5.74) is 20.5. The second-order valence-electron chi connectivity index (χ2n) is 20.3. The molecule has 57 heavy (non-hydrogen) atoms. The maximum atomic E-state index is 2.87. The van der Waals surface area contributed by atoms with Crippen LogP contribution >= 0.6 is 0 Å². The first kappa shape index (κ1) is 35.0. The molecule has 0 amide bonds. The van der Waals surface area contributed by atoms with Crippen molar-refractivity contribution >= 4 is 73.3 Å². The molecule has 7 aromatic rings. The van der Waals surface area contributed by atoms with E-state index in [1.165, 1.54) is 115 Å². The molecule has 3 nitrogen and oxygen atoms in total. The van der Waals surface area contributed by atoms with E-state index in [-0.39, 0.29) is 28.5 Å². The average molecular weight is 744 g/mol. The topological polar surface area (TPSA) is 11.4 Å². The minimum Gasteiger partial charge on any atom is -0.335 e. The van der Waals surface area contributed by atoms with Crippen LogP contribution in [0.3, 0.4) is 0 Å². The Hall–Kier alpha value is -5.22. The van der Waals surface area contributed by atoms with Gasteiger partial charge >= 0.3 is 0 Å². The Morgan fingerprint density at radius 2 is 1.23 bits per heavy atom. The van der Waals surface area contributed by atoms with Crippen molar-refractivity contribution in [3.05, 3.63) is 138 Å². The molecule has 4 heterocycles. The molecule has 0 spiro atoms. The van der Waals surface area contributed by atoms with Crippen molar-refractivity contribution in [2.45, 2.75) is 110 Å². The predicted molar refractivity (Wildman–Crippen MR) is 245 cm³/mol. The van der Waals surface area contributed by atoms with Crippen LogP contribution in [0.1, 0.15) is 103 Å². The van der Waals surface area contributed by atoms with Crippen LogP contribution < -0.4 is 26.2 Å². The highest BCUT2D eigenvalue weighted by Crippen LogP contribution is 2.62. The number of aryl methyl sites for hydroxylation is 1. The van der Waals surface area contributed by atoms with E-state index in [1.54, 1.807) is 5.56 Å². The molecule has 4 heteroatoms. The molecule has 284 valence electrons. The number of hydrogen-bond acceptors (Lipinski definition) is 2. The zero-order valence-electron chi connectivity index (χ0n) is 35.2. The van der Waals surface area contributed by atoms with E-state index in [0.29, 0.717) is 0 Å². The van der Waals surface area contributed by atoms with Gasteiger partial charge in [0.1, 0.15) is 0 Å². The van der Waals surface area contributed by atoms with Crippen LogP contribution in [-0.2, 0) is 16.2 Å². The number of nitrogens with zero attached hydrogens (tertiary/aromatic N) is 3. The van der Waals surface area contributed by atoms with Crippen LogP contribution in [0.15, 0.2) is 115 Å². The minimum absolute atomic E-state index is 0.0495. The third-order valence-electron chi connectivity index (χ3n) is 14.9. The summed E-state index contributed by atoms with van der Waals surface area (Å²) in [5.74, 6) is 0. The first-order valence-corrected chi connectivity index (χ1v) is 21.4. The third kappa shape index (κ3) is 4.62. The number of benzene rings is 6. The highest BCUT2D eigenvalue weighted by atomic mass is 15.3. The van der Waals surface area contributed by atoms with Gasteiger partial charge in [0, 0.05) is 50.1 Å². The Morgan fingerprint density at radius 1 is 0.614 bits per heavy atom. The standard InChI is InChI=1S/C53H54BN3/c1-33-29-41-49-43(30-33)54-42-17-14-16-40-39-15-10-11-18-44(39)56(48(40)42)45-31-38(32-46(47(45)54)57(49)53(9)28-13-12-27-52(41,53)8)55(36-23-19-34(20-24-36)50(2,3)4)37-25-21-35(22-26-37)51(5,6)7/h10-11,14-26,29-32H,12-13,27-28H2,1-9H3. The van der Waals surface area contributed by atoms with Crippen LogP contribution in [0.4, 0.5) is 28.4 Å². The molecule has 1 fully saturated rings. The highest BCUT2D eigenvalue weighted by Gasteiger charge is 2.61. The van der Waals surface area contributed by atoms with Crippen LogP contribution in [0.5, 0.6) is 0 Å². The molecule has 0 saturated heterocycles. The molecule has 4 aliphatic rings. The largest absolute Gasteiger partial charge is 0.335 e. The van der Waals surface area contributed by atoms with Gasteiger partial charge in [0.15, 0.2) is 0 Å². The quantitative estimate of drug-likeness (QED) is 0.167. The van der Waals surface area contributed by atoms with Gasteiger partial charge in [-0.25, -0.2) is 0 Å². The van der Waals surface area contributed by atoms with Gasteiger partial charge < -0.3 is 14.4 Å². The Kier molecular flexibility index (Phi) is 7.04. The Labute approximate surface area is 339 Å². The second-order valence-corrected chi connectivity index (χ2v) is 20.3. The van der Waals surface area contributed by atoms with Gasteiger partial charge in [-0.3, -0.25) is 0 Å². The molecule has 11 rings (SSSR count). The van der Waals surface area contributed by atoms with Crippen molar-refractivity contribution in [1.82, 2.24) is 4.57 Å². The van der Waals surface area contributed by atoms with E-state index < -0.39 is 0 Å². The number of aromatic nitrogens is 1. The molecular formula is C53H54BN3. The smallest absolute Gasteiger partial charge is 0.252 e. The molecule has 1 aliphatic carbocycles. The molecule has 2 unspecified atom stereocenters. The van der Waals surface area contributed by atoms with Gasteiger partial charge in [-0.1, -0.05) is 140 Å². The van der Waals surface area contributed by atoms with E-state index in [2.05, 4.69) is 192 Å². The van der Waals surface area contributed by atoms with Gasteiger partial charge in [0.2, 0.25) is 0 Å². The Bertz CT molecular complexity index is 2760. The zero-order valence-corrected chi connectivity index (χ0v) is 35.2. The van der Waals surface area contributed by atoms with E-state index in [9.17, 15) is 0 Å². The maximum absolute atomic E-state index is 2.87. The van der Waals surface area contributed by atoms with E-state index in [0.717, 1.165) is 0 Å². The minimum atomic E-state index is -0.0495. The lowest BCUT2D eigenvalue weighted by atomic mass is 9.33. The molecule has 0 bridgehead atoms. The van der Waals surface area contributed by atoms with Gasteiger partial charge in [-0.15, -0.1) is 0 Å². The fourth-order valence-electron chi connectivity index (χ4n) is 11.7. The van der Waals surface area contributed by atoms with Crippen molar-refractivity contribution in [2.24, 2.45) is 0 Å². The average Bonchev–Trinajstić information content (AvgIpc) is 3.62. The molecule has 6 aromatic carbocycles. The number of para-hydroxylation sites is 2. The normalized spacial score (nSPS) is 20.5. The lowest BCUT2D eigenvalue weighted by molar-refractivity contribution is 0.195. The van der Waals surface area contributed by atoms with Crippen molar-refractivity contribution in [2.75, 3.05) is 9.80 Å². The Morgan fingerprint density at radius 3 is 1.89 bits per heavy atom.